The maximum absolute atomic E-state index is 4.72. The number of hydrogen-bond acceptors (Lipinski definition) is 1. The van der Waals surface area contributed by atoms with Crippen molar-refractivity contribution in [2.24, 2.45) is 0 Å². The van der Waals surface area contributed by atoms with Gasteiger partial charge in [-0.2, -0.15) is 0 Å². The number of quaternary nitrogens is 1. The van der Waals surface area contributed by atoms with Gasteiger partial charge in [-0.3, -0.25) is 0 Å². The molecule has 2 aliphatic rings. The number of alkyl halides is 1. The van der Waals surface area contributed by atoms with E-state index >= 15 is 0 Å². The molecule has 2 rings (SSSR count). The van der Waals surface area contributed by atoms with Gasteiger partial charge in [0.15, 0.2) is 0 Å². The summed E-state index contributed by atoms with van der Waals surface area (Å²) in [6, 6.07) is 0. The number of halogens is 2. The summed E-state index contributed by atoms with van der Waals surface area (Å²) in [7, 11) is 10.7. The molecule has 0 bridgehead atoms. The van der Waals surface area contributed by atoms with Crippen molar-refractivity contribution in [3.05, 3.63) is 50.6 Å². The minimum atomic E-state index is 0. The molecule has 0 N–H and O–H groups in total. The van der Waals surface area contributed by atoms with E-state index in [0.29, 0.717) is 0 Å². The van der Waals surface area contributed by atoms with E-state index in [-0.39, 0.29) is 96.8 Å². The Labute approximate surface area is 401 Å². The molecule has 0 spiro atoms. The molecule has 0 aromatic heterocycles. The number of rotatable bonds is 4. The van der Waals surface area contributed by atoms with E-state index < -0.39 is 0 Å². The third-order valence-electron chi connectivity index (χ3n) is 4.30. The molecule has 0 atom stereocenters. The van der Waals surface area contributed by atoms with Crippen molar-refractivity contribution in [3.8, 4) is 0 Å². The zero-order chi connectivity index (χ0) is 38.8. The van der Waals surface area contributed by atoms with Crippen molar-refractivity contribution in [1.82, 2.24) is 4.90 Å². The Balaban J connectivity index is -0.0000000199. The predicted octanol–water partition coefficient (Wildman–Crippen LogP) is 12.7. The topological polar surface area (TPSA) is 3.24 Å². The standard InChI is InChI=1S/C5H14N.2C5H10.C4H11N.2C4H4.2C3H8.4C2H6.CH3I.CH4.HI.2Y/c1-5-6(2,3)4;2*1-2-4-5-3-1;1-4-5(2)3;2*1-3-4-2;2*1-3-2;5*1-2;;;;/h5H2,1-4H3;2*1-5H2;4H2,1-3H3;2*1-4H;2*3H2,1-2H3;4*1-2H3;1H3;1H4;1H;;/q+1;;;;2*-2;;;;;;;;;;;/p-1. The fourth-order valence-electron chi connectivity index (χ4n) is 1.77. The summed E-state index contributed by atoms with van der Waals surface area (Å²) in [4.78, 5) is 4.10. The van der Waals surface area contributed by atoms with Crippen LogP contribution in [-0.2, 0) is 65.4 Å². The second kappa shape index (κ2) is 142. The molecule has 2 saturated carbocycles. The SMILES string of the molecule is C.C1CCCC1.C1CCCC1.CC.CC.CC.CC.CCC.CCC.CCN(C)C.CC[N+](C)(C)C.CI.[CH-]=CC=[CH-].[CH-]=CC=[CH-].[I-].[Y].[Y]. The maximum Gasteiger partial charge on any atom is 0.0751 e. The van der Waals surface area contributed by atoms with E-state index in [2.05, 4.69) is 104 Å². The van der Waals surface area contributed by atoms with Gasteiger partial charge in [-0.25, -0.2) is 0 Å². The van der Waals surface area contributed by atoms with Crippen molar-refractivity contribution in [2.75, 3.05) is 53.3 Å². The van der Waals surface area contributed by atoms with Crippen LogP contribution in [0.25, 0.3) is 0 Å². The van der Waals surface area contributed by atoms with Crippen molar-refractivity contribution in [2.45, 2.75) is 181 Å². The summed E-state index contributed by atoms with van der Waals surface area (Å²) in [6.07, 6.45) is 22.6. The first kappa shape index (κ1) is 98.6. The smallest absolute Gasteiger partial charge is 0.0751 e. The molecule has 0 aliphatic heterocycles. The molecule has 0 aromatic carbocycles. The minimum Gasteiger partial charge on any atom is -1.00 e. The van der Waals surface area contributed by atoms with Crippen molar-refractivity contribution >= 4 is 22.6 Å². The van der Waals surface area contributed by atoms with E-state index in [1.807, 2.05) is 60.3 Å². The predicted molar refractivity (Wildman–Crippen MR) is 238 cm³/mol. The Morgan fingerprint density at radius 1 is 0.490 bits per heavy atom. The van der Waals surface area contributed by atoms with E-state index in [9.17, 15) is 0 Å². The summed E-state index contributed by atoms with van der Waals surface area (Å²) in [6.45, 7) is 50.0. The Kier molecular flexibility index (Phi) is 286. The number of allylic oxidation sites excluding steroid dienone is 4. The van der Waals surface area contributed by atoms with E-state index in [1.54, 1.807) is 0 Å². The van der Waals surface area contributed by atoms with Crippen LogP contribution >= 0.6 is 22.6 Å². The van der Waals surface area contributed by atoms with Crippen LogP contribution < -0.4 is 24.0 Å². The van der Waals surface area contributed by atoms with Gasteiger partial charge in [0, 0.05) is 65.4 Å². The van der Waals surface area contributed by atoms with Gasteiger partial charge in [-0.1, -0.05) is 197 Å². The molecule has 2 fully saturated rings. The number of nitrogens with zero attached hydrogens (tertiary/aromatic N) is 2. The Morgan fingerprint density at radius 3 is 0.592 bits per heavy atom. The van der Waals surface area contributed by atoms with Crippen LogP contribution in [0.2, 0.25) is 0 Å². The maximum atomic E-state index is 4.72. The van der Waals surface area contributed by atoms with Crippen molar-refractivity contribution in [3.63, 3.8) is 0 Å². The van der Waals surface area contributed by atoms with E-state index in [4.69, 9.17) is 26.3 Å². The molecule has 6 heteroatoms. The summed E-state index contributed by atoms with van der Waals surface area (Å²) in [5.41, 5.74) is 0. The largest absolute Gasteiger partial charge is 1.00 e. The summed E-state index contributed by atoms with van der Waals surface area (Å²) >= 11 is 2.15. The van der Waals surface area contributed by atoms with Gasteiger partial charge in [0.25, 0.3) is 0 Å². The molecular weight excluding hydrogens is 976 g/mol. The molecule has 2 nitrogen and oxygen atoms in total. The van der Waals surface area contributed by atoms with Crippen LogP contribution in [0.5, 0.6) is 0 Å². The molecule has 0 heterocycles. The third kappa shape index (κ3) is 312. The molecule has 0 unspecified atom stereocenters. The second-order valence-corrected chi connectivity index (χ2v) is 9.72. The first-order valence-electron chi connectivity index (χ1n) is 18.5. The molecular formula is C43H100I2N2Y2-4. The van der Waals surface area contributed by atoms with Crippen LogP contribution in [0.3, 0.4) is 0 Å². The Hall–Kier alpha value is 2.55. The van der Waals surface area contributed by atoms with Crippen LogP contribution in [-0.4, -0.2) is 62.6 Å². The molecule has 306 valence electrons. The fraction of sp³-hybridized carbons (Fsp3) is 0.814. The van der Waals surface area contributed by atoms with E-state index in [0.717, 1.165) is 11.0 Å². The van der Waals surface area contributed by atoms with Crippen LogP contribution in [0.15, 0.2) is 24.3 Å². The van der Waals surface area contributed by atoms with Gasteiger partial charge in [-0.15, -0.1) is 0 Å². The number of hydrogen-bond donors (Lipinski definition) is 0. The van der Waals surface area contributed by atoms with Crippen LogP contribution in [0.4, 0.5) is 0 Å². The first-order valence-corrected chi connectivity index (χ1v) is 20.6. The minimum absolute atomic E-state index is 0. The monoisotopic (exact) mass is 1080 g/mol. The Bertz CT molecular complexity index is 316. The summed E-state index contributed by atoms with van der Waals surface area (Å²) < 4.78 is 1.07. The van der Waals surface area contributed by atoms with Crippen molar-refractivity contribution in [1.29, 1.82) is 0 Å². The van der Waals surface area contributed by atoms with E-state index in [1.165, 1.54) is 108 Å². The van der Waals surface area contributed by atoms with Crippen LogP contribution in [0.1, 0.15) is 181 Å². The van der Waals surface area contributed by atoms with Crippen molar-refractivity contribution < 1.29 is 93.9 Å². The molecule has 0 amide bonds. The van der Waals surface area contributed by atoms with Gasteiger partial charge in [0.2, 0.25) is 0 Å². The molecule has 49 heavy (non-hydrogen) atoms. The second-order valence-electron chi connectivity index (χ2n) is 9.72. The summed E-state index contributed by atoms with van der Waals surface area (Å²) in [5.74, 6) is 0. The summed E-state index contributed by atoms with van der Waals surface area (Å²) in [5, 5.41) is 0. The molecule has 0 aromatic rings. The quantitative estimate of drug-likeness (QED) is 0.0892. The van der Waals surface area contributed by atoms with Crippen LogP contribution in [0, 0.1) is 26.3 Å². The first-order chi connectivity index (χ1) is 21.5. The van der Waals surface area contributed by atoms with Gasteiger partial charge >= 0.3 is 0 Å². The molecule has 2 aliphatic carbocycles. The average molecular weight is 1080 g/mol. The fourth-order valence-corrected chi connectivity index (χ4v) is 1.77. The van der Waals surface area contributed by atoms with Gasteiger partial charge in [-0.05, 0) is 32.5 Å². The molecule has 2 radical (unpaired) electrons. The molecule has 0 saturated heterocycles. The zero-order valence-electron chi connectivity index (χ0n) is 37.3. The van der Waals surface area contributed by atoms with Gasteiger partial charge in [0.05, 0.1) is 27.7 Å². The third-order valence-corrected chi connectivity index (χ3v) is 4.30. The Morgan fingerprint density at radius 2 is 0.571 bits per heavy atom. The normalized spacial score (nSPS) is 9.51. The van der Waals surface area contributed by atoms with Gasteiger partial charge < -0.3 is 84.0 Å². The average Bonchev–Trinajstić information content (AvgIpc) is 3.87. The zero-order valence-corrected chi connectivity index (χ0v) is 47.3. The van der Waals surface area contributed by atoms with Gasteiger partial charge in [0.1, 0.15) is 0 Å².